The van der Waals surface area contributed by atoms with E-state index in [-0.39, 0.29) is 17.4 Å². The van der Waals surface area contributed by atoms with Crippen LogP contribution in [0.4, 0.5) is 5.82 Å². The van der Waals surface area contributed by atoms with Gasteiger partial charge in [0.1, 0.15) is 16.8 Å². The van der Waals surface area contributed by atoms with Gasteiger partial charge in [-0.05, 0) is 6.42 Å². The van der Waals surface area contributed by atoms with Crippen LogP contribution >= 0.6 is 11.6 Å². The van der Waals surface area contributed by atoms with Crippen LogP contribution in [-0.4, -0.2) is 43.0 Å². The lowest BCUT2D eigenvalue weighted by Gasteiger charge is -2.21. The van der Waals surface area contributed by atoms with Gasteiger partial charge in [-0.3, -0.25) is 0 Å². The zero-order valence-corrected chi connectivity index (χ0v) is 12.7. The van der Waals surface area contributed by atoms with Gasteiger partial charge in [-0.15, -0.1) is 0 Å². The molecule has 5 nitrogen and oxygen atoms in total. The zero-order valence-electron chi connectivity index (χ0n) is 11.1. The van der Waals surface area contributed by atoms with Gasteiger partial charge in [-0.25, -0.2) is 18.4 Å². The van der Waals surface area contributed by atoms with Crippen LogP contribution in [0.5, 0.6) is 0 Å². The highest BCUT2D eigenvalue weighted by Gasteiger charge is 2.21. The molecule has 0 amide bonds. The predicted octanol–water partition coefficient (Wildman–Crippen LogP) is 1.88. The molecule has 2 rings (SSSR count). The molecule has 0 spiro atoms. The first-order valence-corrected chi connectivity index (χ1v) is 8.57. The van der Waals surface area contributed by atoms with E-state index in [9.17, 15) is 8.42 Å². The van der Waals surface area contributed by atoms with E-state index in [1.165, 1.54) is 0 Å². The van der Waals surface area contributed by atoms with Gasteiger partial charge in [0.05, 0.1) is 11.5 Å². The van der Waals surface area contributed by atoms with Gasteiger partial charge in [-0.1, -0.05) is 25.4 Å². The summed E-state index contributed by atoms with van der Waals surface area (Å²) >= 11 is 6.01. The van der Waals surface area contributed by atoms with Crippen LogP contribution in [-0.2, 0) is 9.84 Å². The Morgan fingerprint density at radius 3 is 2.68 bits per heavy atom. The first-order valence-electron chi connectivity index (χ1n) is 6.37. The Morgan fingerprint density at radius 1 is 1.26 bits per heavy atom. The molecule has 0 bridgehead atoms. The van der Waals surface area contributed by atoms with Crippen molar-refractivity contribution in [2.24, 2.45) is 0 Å². The van der Waals surface area contributed by atoms with Crippen LogP contribution < -0.4 is 4.90 Å². The van der Waals surface area contributed by atoms with E-state index in [1.54, 1.807) is 6.07 Å². The van der Waals surface area contributed by atoms with Crippen molar-refractivity contribution in [3.8, 4) is 0 Å². The van der Waals surface area contributed by atoms with E-state index in [1.807, 2.05) is 18.7 Å². The minimum Gasteiger partial charge on any atom is -0.355 e. The highest BCUT2D eigenvalue weighted by Crippen LogP contribution is 2.21. The Hall–Kier alpha value is -0.880. The fourth-order valence-corrected chi connectivity index (χ4v) is 3.47. The van der Waals surface area contributed by atoms with Crippen molar-refractivity contribution < 1.29 is 8.42 Å². The van der Waals surface area contributed by atoms with E-state index in [0.29, 0.717) is 30.5 Å². The van der Waals surface area contributed by atoms with E-state index in [0.717, 1.165) is 5.82 Å². The molecule has 2 heterocycles. The summed E-state index contributed by atoms with van der Waals surface area (Å²) in [6.07, 6.45) is 0.626. The Morgan fingerprint density at radius 2 is 2.00 bits per heavy atom. The quantitative estimate of drug-likeness (QED) is 0.781. The molecule has 0 radical (unpaired) electrons. The molecule has 0 atom stereocenters. The second-order valence-corrected chi connectivity index (χ2v) is 7.75. The van der Waals surface area contributed by atoms with Crippen LogP contribution in [0.15, 0.2) is 6.07 Å². The van der Waals surface area contributed by atoms with Crippen molar-refractivity contribution in [2.75, 3.05) is 29.5 Å². The number of hydrogen-bond acceptors (Lipinski definition) is 5. The average Bonchev–Trinajstić information content (AvgIpc) is 2.49. The zero-order chi connectivity index (χ0) is 14.0. The number of rotatable bonds is 2. The third-order valence-corrected chi connectivity index (χ3v) is 5.00. The average molecular weight is 304 g/mol. The molecule has 1 saturated heterocycles. The smallest absolute Gasteiger partial charge is 0.152 e. The second kappa shape index (κ2) is 5.63. The normalized spacial score (nSPS) is 19.5. The fourth-order valence-electron chi connectivity index (χ4n) is 2.01. The minimum absolute atomic E-state index is 0.172. The maximum atomic E-state index is 11.6. The first kappa shape index (κ1) is 14.5. The van der Waals surface area contributed by atoms with E-state index >= 15 is 0 Å². The van der Waals surface area contributed by atoms with Crippen molar-refractivity contribution in [3.05, 3.63) is 17.0 Å². The van der Waals surface area contributed by atoms with Crippen LogP contribution in [0.2, 0.25) is 5.15 Å². The van der Waals surface area contributed by atoms with E-state index in [4.69, 9.17) is 11.6 Å². The van der Waals surface area contributed by atoms with Gasteiger partial charge >= 0.3 is 0 Å². The van der Waals surface area contributed by atoms with Crippen molar-refractivity contribution in [3.63, 3.8) is 0 Å². The standard InChI is InChI=1S/C12H18ClN3O2S/c1-9(2)12-14-10(13)8-11(15-12)16-4-3-6-19(17,18)7-5-16/h8-9H,3-7H2,1-2H3. The van der Waals surface area contributed by atoms with E-state index in [2.05, 4.69) is 9.97 Å². The SMILES string of the molecule is CC(C)c1nc(Cl)cc(N2CCCS(=O)(=O)CC2)n1. The van der Waals surface area contributed by atoms with Crippen molar-refractivity contribution in [1.82, 2.24) is 9.97 Å². The van der Waals surface area contributed by atoms with Gasteiger partial charge in [0.25, 0.3) is 0 Å². The Labute approximate surface area is 118 Å². The molecule has 19 heavy (non-hydrogen) atoms. The second-order valence-electron chi connectivity index (χ2n) is 5.05. The fraction of sp³-hybridized carbons (Fsp3) is 0.667. The lowest BCUT2D eigenvalue weighted by atomic mass is 10.2. The predicted molar refractivity (Wildman–Crippen MR) is 76.6 cm³/mol. The summed E-state index contributed by atoms with van der Waals surface area (Å²) in [5.41, 5.74) is 0. The number of halogens is 1. The molecular weight excluding hydrogens is 286 g/mol. The van der Waals surface area contributed by atoms with Crippen LogP contribution in [0.3, 0.4) is 0 Å². The number of hydrogen-bond donors (Lipinski definition) is 0. The highest BCUT2D eigenvalue weighted by molar-refractivity contribution is 7.91. The summed E-state index contributed by atoms with van der Waals surface area (Å²) in [5.74, 6) is 2.02. The summed E-state index contributed by atoms with van der Waals surface area (Å²) in [6.45, 7) is 5.15. The Balaban J connectivity index is 2.26. The van der Waals surface area contributed by atoms with Gasteiger partial charge in [0, 0.05) is 25.1 Å². The first-order chi connectivity index (χ1) is 8.87. The summed E-state index contributed by atoms with van der Waals surface area (Å²) in [6, 6.07) is 1.70. The molecule has 1 aromatic rings. The molecule has 1 aliphatic heterocycles. The topological polar surface area (TPSA) is 63.2 Å². The molecule has 106 valence electrons. The lowest BCUT2D eigenvalue weighted by Crippen LogP contribution is -2.28. The van der Waals surface area contributed by atoms with E-state index < -0.39 is 9.84 Å². The van der Waals surface area contributed by atoms with Crippen molar-refractivity contribution in [1.29, 1.82) is 0 Å². The van der Waals surface area contributed by atoms with Crippen molar-refractivity contribution in [2.45, 2.75) is 26.2 Å². The van der Waals surface area contributed by atoms with Gasteiger partial charge in [-0.2, -0.15) is 0 Å². The number of aromatic nitrogens is 2. The summed E-state index contributed by atoms with van der Waals surface area (Å²) in [5, 5.41) is 0.404. The Bertz CT molecular complexity index is 560. The molecular formula is C12H18ClN3O2S. The Kier molecular flexibility index (Phi) is 4.30. The monoisotopic (exact) mass is 303 g/mol. The molecule has 0 aromatic carbocycles. The maximum absolute atomic E-state index is 11.6. The van der Waals surface area contributed by atoms with Gasteiger partial charge in [0.15, 0.2) is 9.84 Å². The molecule has 1 aromatic heterocycles. The third-order valence-electron chi connectivity index (χ3n) is 3.09. The number of sulfone groups is 1. The maximum Gasteiger partial charge on any atom is 0.152 e. The third kappa shape index (κ3) is 3.79. The van der Waals surface area contributed by atoms with Crippen LogP contribution in [0.1, 0.15) is 32.0 Å². The molecule has 0 saturated carbocycles. The summed E-state index contributed by atoms with van der Waals surface area (Å²) in [4.78, 5) is 10.6. The van der Waals surface area contributed by atoms with Crippen LogP contribution in [0.25, 0.3) is 0 Å². The summed E-state index contributed by atoms with van der Waals surface area (Å²) < 4.78 is 23.2. The largest absolute Gasteiger partial charge is 0.355 e. The molecule has 7 heteroatoms. The molecule has 0 aliphatic carbocycles. The molecule has 1 aliphatic rings. The van der Waals surface area contributed by atoms with Crippen molar-refractivity contribution >= 4 is 27.3 Å². The molecule has 0 unspecified atom stereocenters. The highest BCUT2D eigenvalue weighted by atomic mass is 35.5. The summed E-state index contributed by atoms with van der Waals surface area (Å²) in [7, 11) is -2.91. The lowest BCUT2D eigenvalue weighted by molar-refractivity contribution is 0.597. The number of nitrogens with zero attached hydrogens (tertiary/aromatic N) is 3. The van der Waals surface area contributed by atoms with Gasteiger partial charge < -0.3 is 4.90 Å². The van der Waals surface area contributed by atoms with Crippen LogP contribution in [0, 0.1) is 0 Å². The van der Waals surface area contributed by atoms with Gasteiger partial charge in [0.2, 0.25) is 0 Å². The minimum atomic E-state index is -2.91. The molecule has 1 fully saturated rings. The number of anilines is 1. The molecule has 0 N–H and O–H groups in total.